The van der Waals surface area contributed by atoms with Gasteiger partial charge in [-0.05, 0) is 57.4 Å². The van der Waals surface area contributed by atoms with E-state index < -0.39 is 5.60 Å². The number of fused-ring (bicyclic) bond motifs is 1. The van der Waals surface area contributed by atoms with Gasteiger partial charge in [0.2, 0.25) is 0 Å². The lowest BCUT2D eigenvalue weighted by Gasteiger charge is -2.26. The molecule has 5 rings (SSSR count). The molecule has 2 heterocycles. The van der Waals surface area contributed by atoms with Gasteiger partial charge in [-0.3, -0.25) is 0 Å². The number of carbonyl (C=O) groups is 1. The molecule has 31 heavy (non-hydrogen) atoms. The van der Waals surface area contributed by atoms with Crippen LogP contribution in [-0.4, -0.2) is 44.4 Å². The minimum atomic E-state index is -0.513. The van der Waals surface area contributed by atoms with Gasteiger partial charge >= 0.3 is 6.09 Å². The number of halogens is 1. The van der Waals surface area contributed by atoms with E-state index in [4.69, 9.17) is 26.4 Å². The predicted octanol–water partition coefficient (Wildman–Crippen LogP) is 5.10. The average molecular weight is 437 g/mol. The molecule has 0 spiro atoms. The van der Waals surface area contributed by atoms with Crippen LogP contribution in [0.3, 0.4) is 0 Å². The molecular weight excluding hydrogens is 412 g/mol. The molecule has 160 valence electrons. The normalized spacial score (nSPS) is 22.3. The molecule has 1 aliphatic carbocycles. The molecule has 2 atom stereocenters. The number of hydrogen-bond donors (Lipinski definition) is 0. The van der Waals surface area contributed by atoms with Gasteiger partial charge < -0.3 is 9.64 Å². The molecule has 2 fully saturated rings. The molecule has 0 N–H and O–H groups in total. The highest BCUT2D eigenvalue weighted by Crippen LogP contribution is 2.59. The summed E-state index contributed by atoms with van der Waals surface area (Å²) < 4.78 is 7.53. The minimum absolute atomic E-state index is 0.198. The number of likely N-dealkylation sites (tertiary alicyclic amines) is 1. The van der Waals surface area contributed by atoms with Gasteiger partial charge in [0, 0.05) is 23.7 Å². The molecule has 1 amide bonds. The maximum absolute atomic E-state index is 12.7. The number of rotatable bonds is 3. The molecule has 0 radical (unpaired) electrons. The Morgan fingerprint density at radius 3 is 2.65 bits per heavy atom. The number of piperidine rings is 1. The number of benzene rings is 2. The number of aromatic nitrogens is 3. The molecule has 1 aliphatic heterocycles. The van der Waals surface area contributed by atoms with Crippen LogP contribution in [0.15, 0.2) is 54.6 Å². The Morgan fingerprint density at radius 1 is 1.16 bits per heavy atom. The van der Waals surface area contributed by atoms with E-state index in [1.54, 1.807) is 0 Å². The molecule has 1 aromatic heterocycles. The average Bonchev–Trinajstić information content (AvgIpc) is 3.09. The lowest BCUT2D eigenvalue weighted by Crippen LogP contribution is -2.38. The van der Waals surface area contributed by atoms with Crippen molar-refractivity contribution in [3.63, 3.8) is 0 Å². The first kappa shape index (κ1) is 20.1. The topological polar surface area (TPSA) is 60.2 Å². The Balaban J connectivity index is 1.53. The van der Waals surface area contributed by atoms with Gasteiger partial charge in [0.15, 0.2) is 5.82 Å². The zero-order chi connectivity index (χ0) is 21.8. The third-order valence-corrected chi connectivity index (χ3v) is 6.17. The second-order valence-electron chi connectivity index (χ2n) is 9.43. The van der Waals surface area contributed by atoms with Crippen molar-refractivity contribution in [2.75, 3.05) is 13.1 Å². The van der Waals surface area contributed by atoms with Crippen molar-refractivity contribution in [1.82, 2.24) is 19.7 Å². The number of para-hydroxylation sites is 1. The van der Waals surface area contributed by atoms with Crippen LogP contribution in [0.25, 0.3) is 17.1 Å². The summed E-state index contributed by atoms with van der Waals surface area (Å²) in [5.74, 6) is 1.89. The van der Waals surface area contributed by atoms with Crippen LogP contribution in [0.2, 0.25) is 5.02 Å². The van der Waals surface area contributed by atoms with Crippen LogP contribution >= 0.6 is 11.6 Å². The Kier molecular flexibility index (Phi) is 4.59. The van der Waals surface area contributed by atoms with E-state index in [0.29, 0.717) is 29.9 Å². The first-order valence-electron chi connectivity index (χ1n) is 10.5. The van der Waals surface area contributed by atoms with Crippen LogP contribution in [0.4, 0.5) is 4.79 Å². The quantitative estimate of drug-likeness (QED) is 0.573. The third kappa shape index (κ3) is 3.69. The SMILES string of the molecule is CC(C)(C)OC(=O)N1C[C@H]2C[C@@]2(c2nc(-c3cccc(Cl)c3)nn2-c2ccccc2)C1. The first-order valence-corrected chi connectivity index (χ1v) is 10.9. The number of nitrogens with zero attached hydrogens (tertiary/aromatic N) is 4. The van der Waals surface area contributed by atoms with Gasteiger partial charge in [-0.2, -0.15) is 0 Å². The van der Waals surface area contributed by atoms with Crippen LogP contribution in [0.1, 0.15) is 33.0 Å². The fourth-order valence-electron chi connectivity index (χ4n) is 4.43. The summed E-state index contributed by atoms with van der Waals surface area (Å²) in [6.07, 6.45) is 0.729. The van der Waals surface area contributed by atoms with Crippen molar-refractivity contribution < 1.29 is 9.53 Å². The smallest absolute Gasteiger partial charge is 0.410 e. The van der Waals surface area contributed by atoms with E-state index in [1.165, 1.54) is 0 Å². The second kappa shape index (κ2) is 7.09. The van der Waals surface area contributed by atoms with E-state index in [9.17, 15) is 4.79 Å². The molecule has 6 nitrogen and oxygen atoms in total. The van der Waals surface area contributed by atoms with E-state index in [1.807, 2.05) is 85.0 Å². The number of ether oxygens (including phenoxy) is 1. The molecule has 3 aromatic rings. The largest absolute Gasteiger partial charge is 0.444 e. The molecule has 0 bridgehead atoms. The van der Waals surface area contributed by atoms with Crippen molar-refractivity contribution in [3.05, 3.63) is 65.4 Å². The zero-order valence-corrected chi connectivity index (χ0v) is 18.6. The summed E-state index contributed by atoms with van der Waals surface area (Å²) in [6.45, 7) is 6.94. The number of carbonyl (C=O) groups excluding carboxylic acids is 1. The van der Waals surface area contributed by atoms with Gasteiger partial charge in [0.1, 0.15) is 11.4 Å². The van der Waals surface area contributed by atoms with Gasteiger partial charge in [0.25, 0.3) is 0 Å². The van der Waals surface area contributed by atoms with Gasteiger partial charge in [-0.25, -0.2) is 14.5 Å². The molecule has 1 saturated heterocycles. The number of hydrogen-bond acceptors (Lipinski definition) is 4. The van der Waals surface area contributed by atoms with Crippen LogP contribution < -0.4 is 0 Å². The summed E-state index contributed by atoms with van der Waals surface area (Å²) in [4.78, 5) is 19.5. The Hall–Kier alpha value is -2.86. The molecule has 0 unspecified atom stereocenters. The van der Waals surface area contributed by atoms with E-state index in [-0.39, 0.29) is 11.5 Å². The lowest BCUT2D eigenvalue weighted by atomic mass is 10.1. The highest BCUT2D eigenvalue weighted by molar-refractivity contribution is 6.30. The van der Waals surface area contributed by atoms with E-state index in [0.717, 1.165) is 23.5 Å². The minimum Gasteiger partial charge on any atom is -0.444 e. The summed E-state index contributed by atoms with van der Waals surface area (Å²) >= 11 is 6.21. The van der Waals surface area contributed by atoms with Gasteiger partial charge in [-0.15, -0.1) is 5.10 Å². The Morgan fingerprint density at radius 2 is 1.94 bits per heavy atom. The predicted molar refractivity (Wildman–Crippen MR) is 119 cm³/mol. The van der Waals surface area contributed by atoms with Gasteiger partial charge in [-0.1, -0.05) is 41.9 Å². The van der Waals surface area contributed by atoms with Crippen LogP contribution in [0, 0.1) is 5.92 Å². The van der Waals surface area contributed by atoms with E-state index in [2.05, 4.69) is 0 Å². The first-order chi connectivity index (χ1) is 14.7. The standard InChI is InChI=1S/C24H25ClN4O2/c1-23(2,3)31-22(30)28-14-17-13-24(17,15-28)21-26-20(16-8-7-9-18(25)12-16)27-29(21)19-10-5-4-6-11-19/h4-12,17H,13-15H2,1-3H3/t17-,24-/m1/s1. The van der Waals surface area contributed by atoms with Crippen molar-refractivity contribution in [2.24, 2.45) is 5.92 Å². The molecular formula is C24H25ClN4O2. The van der Waals surface area contributed by atoms with Crippen molar-refractivity contribution in [2.45, 2.75) is 38.2 Å². The second-order valence-corrected chi connectivity index (χ2v) is 9.87. The molecule has 2 aliphatic rings. The van der Waals surface area contributed by atoms with Crippen molar-refractivity contribution in [1.29, 1.82) is 0 Å². The summed E-state index contributed by atoms with van der Waals surface area (Å²) in [5, 5.41) is 5.50. The Bertz CT molecular complexity index is 1140. The fourth-order valence-corrected chi connectivity index (χ4v) is 4.62. The van der Waals surface area contributed by atoms with Crippen molar-refractivity contribution >= 4 is 17.7 Å². The highest BCUT2D eigenvalue weighted by atomic mass is 35.5. The summed E-state index contributed by atoms with van der Waals surface area (Å²) in [6, 6.07) is 17.6. The lowest BCUT2D eigenvalue weighted by molar-refractivity contribution is 0.0269. The summed E-state index contributed by atoms with van der Waals surface area (Å²) in [5.41, 5.74) is 1.12. The van der Waals surface area contributed by atoms with Crippen molar-refractivity contribution in [3.8, 4) is 17.1 Å². The molecule has 2 aromatic carbocycles. The van der Waals surface area contributed by atoms with Crippen LogP contribution in [-0.2, 0) is 10.2 Å². The highest BCUT2D eigenvalue weighted by Gasteiger charge is 2.65. The van der Waals surface area contributed by atoms with Gasteiger partial charge in [0.05, 0.1) is 11.1 Å². The Labute approximate surface area is 186 Å². The molecule has 7 heteroatoms. The fraction of sp³-hybridized carbons (Fsp3) is 0.375. The maximum atomic E-state index is 12.7. The molecule has 1 saturated carbocycles. The maximum Gasteiger partial charge on any atom is 0.410 e. The number of amides is 1. The zero-order valence-electron chi connectivity index (χ0n) is 17.9. The monoisotopic (exact) mass is 436 g/mol. The van der Waals surface area contributed by atoms with Crippen LogP contribution in [0.5, 0.6) is 0 Å². The third-order valence-electron chi connectivity index (χ3n) is 5.93. The summed E-state index contributed by atoms with van der Waals surface area (Å²) in [7, 11) is 0. The van der Waals surface area contributed by atoms with E-state index >= 15 is 0 Å².